The highest BCUT2D eigenvalue weighted by Crippen LogP contribution is 2.31. The van der Waals surface area contributed by atoms with Crippen molar-refractivity contribution in [3.63, 3.8) is 0 Å². The first-order valence-corrected chi connectivity index (χ1v) is 6.21. The third-order valence-corrected chi connectivity index (χ3v) is 3.44. The smallest absolute Gasteiger partial charge is 0.298 e. The van der Waals surface area contributed by atoms with Crippen molar-refractivity contribution in [2.75, 3.05) is 18.1 Å². The molecule has 4 nitrogen and oxygen atoms in total. The van der Waals surface area contributed by atoms with Crippen LogP contribution < -0.4 is 4.90 Å². The Bertz CT molecular complexity index is 551. The van der Waals surface area contributed by atoms with Crippen molar-refractivity contribution >= 4 is 17.1 Å². The van der Waals surface area contributed by atoms with Gasteiger partial charge in [0.25, 0.3) is 6.01 Å². The van der Waals surface area contributed by atoms with Crippen LogP contribution in [0.5, 0.6) is 0 Å². The largest absolute Gasteiger partial charge is 0.423 e. The maximum Gasteiger partial charge on any atom is 0.298 e. The number of hydrogen-bond acceptors (Lipinski definition) is 4. The molecule has 2 aromatic rings. The standard InChI is InChI=1S/C13H15FN2O2/c14-9-4-5-12-11(8-9)15-13(18-12)16(6-7-17)10-2-1-3-10/h4-5,8,10,17H,1-3,6-7H2. The van der Waals surface area contributed by atoms with E-state index in [0.29, 0.717) is 29.7 Å². The molecule has 0 aliphatic heterocycles. The lowest BCUT2D eigenvalue weighted by molar-refractivity contribution is 0.277. The van der Waals surface area contributed by atoms with E-state index in [0.717, 1.165) is 12.8 Å². The van der Waals surface area contributed by atoms with Gasteiger partial charge in [0.15, 0.2) is 5.58 Å². The molecule has 1 saturated carbocycles. The van der Waals surface area contributed by atoms with Gasteiger partial charge in [-0.15, -0.1) is 0 Å². The molecule has 0 unspecified atom stereocenters. The summed E-state index contributed by atoms with van der Waals surface area (Å²) in [5.41, 5.74) is 1.10. The number of oxazole rings is 1. The van der Waals surface area contributed by atoms with Gasteiger partial charge in [0.1, 0.15) is 11.3 Å². The molecule has 1 aliphatic carbocycles. The van der Waals surface area contributed by atoms with Crippen LogP contribution in [0.15, 0.2) is 22.6 Å². The van der Waals surface area contributed by atoms with E-state index in [1.54, 1.807) is 6.07 Å². The number of hydrogen-bond donors (Lipinski definition) is 1. The minimum Gasteiger partial charge on any atom is -0.423 e. The van der Waals surface area contributed by atoms with Crippen molar-refractivity contribution in [3.8, 4) is 0 Å². The first kappa shape index (κ1) is 11.5. The fraction of sp³-hybridized carbons (Fsp3) is 0.462. The summed E-state index contributed by atoms with van der Waals surface area (Å²) >= 11 is 0. The maximum absolute atomic E-state index is 13.1. The zero-order valence-electron chi connectivity index (χ0n) is 9.97. The van der Waals surface area contributed by atoms with E-state index in [2.05, 4.69) is 4.98 Å². The van der Waals surface area contributed by atoms with Gasteiger partial charge in [-0.2, -0.15) is 4.98 Å². The van der Waals surface area contributed by atoms with Gasteiger partial charge in [0.2, 0.25) is 0 Å². The second-order valence-corrected chi connectivity index (χ2v) is 4.61. The summed E-state index contributed by atoms with van der Waals surface area (Å²) in [4.78, 5) is 6.28. The molecule has 18 heavy (non-hydrogen) atoms. The van der Waals surface area contributed by atoms with E-state index in [9.17, 15) is 4.39 Å². The van der Waals surface area contributed by atoms with Crippen molar-refractivity contribution < 1.29 is 13.9 Å². The van der Waals surface area contributed by atoms with Crippen molar-refractivity contribution in [1.82, 2.24) is 4.98 Å². The van der Waals surface area contributed by atoms with E-state index in [1.165, 1.54) is 18.6 Å². The average molecular weight is 250 g/mol. The Morgan fingerprint density at radius 2 is 2.28 bits per heavy atom. The normalized spacial score (nSPS) is 15.9. The molecule has 1 heterocycles. The summed E-state index contributed by atoms with van der Waals surface area (Å²) in [6.45, 7) is 0.559. The predicted octanol–water partition coefficient (Wildman–Crippen LogP) is 2.32. The van der Waals surface area contributed by atoms with Crippen LogP contribution in [0.3, 0.4) is 0 Å². The maximum atomic E-state index is 13.1. The number of aromatic nitrogens is 1. The summed E-state index contributed by atoms with van der Waals surface area (Å²) in [6, 6.07) is 5.17. The molecule has 5 heteroatoms. The molecule has 0 atom stereocenters. The SMILES string of the molecule is OCCN(c1nc2cc(F)ccc2o1)C1CCC1. The minimum absolute atomic E-state index is 0.0591. The predicted molar refractivity (Wildman–Crippen MR) is 66.0 cm³/mol. The summed E-state index contributed by atoms with van der Waals surface area (Å²) in [5, 5.41) is 9.11. The second kappa shape index (κ2) is 4.57. The minimum atomic E-state index is -0.320. The summed E-state index contributed by atoms with van der Waals surface area (Å²) in [7, 11) is 0. The molecule has 0 bridgehead atoms. The van der Waals surface area contributed by atoms with Crippen LogP contribution in [0, 0.1) is 5.82 Å². The molecule has 0 radical (unpaired) electrons. The van der Waals surface area contributed by atoms with Crippen LogP contribution in [0.1, 0.15) is 19.3 Å². The highest BCUT2D eigenvalue weighted by atomic mass is 19.1. The van der Waals surface area contributed by atoms with E-state index >= 15 is 0 Å². The lowest BCUT2D eigenvalue weighted by Crippen LogP contribution is -2.42. The van der Waals surface area contributed by atoms with Gasteiger partial charge in [-0.25, -0.2) is 4.39 Å². The van der Waals surface area contributed by atoms with Crippen molar-refractivity contribution in [2.45, 2.75) is 25.3 Å². The first-order valence-electron chi connectivity index (χ1n) is 6.21. The van der Waals surface area contributed by atoms with Gasteiger partial charge in [-0.1, -0.05) is 0 Å². The van der Waals surface area contributed by atoms with Crippen LogP contribution in [0.2, 0.25) is 0 Å². The molecular weight excluding hydrogens is 235 g/mol. The summed E-state index contributed by atoms with van der Waals surface area (Å²) in [5.74, 6) is -0.320. The van der Waals surface area contributed by atoms with Gasteiger partial charge in [-0.05, 0) is 31.4 Å². The fourth-order valence-electron chi connectivity index (χ4n) is 2.25. The Balaban J connectivity index is 1.95. The molecule has 1 aromatic heterocycles. The van der Waals surface area contributed by atoms with E-state index in [1.807, 2.05) is 4.90 Å². The zero-order valence-corrected chi connectivity index (χ0v) is 9.97. The molecule has 96 valence electrons. The molecular formula is C13H15FN2O2. The number of fused-ring (bicyclic) bond motifs is 1. The lowest BCUT2D eigenvalue weighted by atomic mass is 9.92. The van der Waals surface area contributed by atoms with Crippen LogP contribution in [0.4, 0.5) is 10.4 Å². The third-order valence-electron chi connectivity index (χ3n) is 3.44. The number of halogens is 1. The van der Waals surface area contributed by atoms with Crippen LogP contribution in [-0.2, 0) is 0 Å². The number of aliphatic hydroxyl groups is 1. The van der Waals surface area contributed by atoms with E-state index in [4.69, 9.17) is 9.52 Å². The van der Waals surface area contributed by atoms with E-state index in [-0.39, 0.29) is 12.4 Å². The molecule has 0 amide bonds. The van der Waals surface area contributed by atoms with E-state index < -0.39 is 0 Å². The highest BCUT2D eigenvalue weighted by Gasteiger charge is 2.28. The van der Waals surface area contributed by atoms with Gasteiger partial charge in [0.05, 0.1) is 6.61 Å². The van der Waals surface area contributed by atoms with Crippen LogP contribution in [0.25, 0.3) is 11.1 Å². The fourth-order valence-corrected chi connectivity index (χ4v) is 2.25. The topological polar surface area (TPSA) is 49.5 Å². The van der Waals surface area contributed by atoms with Crippen LogP contribution >= 0.6 is 0 Å². The Morgan fingerprint density at radius 3 is 2.94 bits per heavy atom. The molecule has 1 fully saturated rings. The zero-order chi connectivity index (χ0) is 12.5. The number of aliphatic hydroxyl groups excluding tert-OH is 1. The van der Waals surface area contributed by atoms with Gasteiger partial charge in [-0.3, -0.25) is 0 Å². The molecule has 0 spiro atoms. The number of anilines is 1. The monoisotopic (exact) mass is 250 g/mol. The number of benzene rings is 1. The quantitative estimate of drug-likeness (QED) is 0.904. The molecule has 1 aromatic carbocycles. The Morgan fingerprint density at radius 1 is 1.44 bits per heavy atom. The molecule has 0 saturated heterocycles. The number of rotatable bonds is 4. The molecule has 1 N–H and O–H groups in total. The van der Waals surface area contributed by atoms with Gasteiger partial charge in [0, 0.05) is 18.7 Å². The van der Waals surface area contributed by atoms with Crippen molar-refractivity contribution in [3.05, 3.63) is 24.0 Å². The Labute approximate surface area is 104 Å². The third kappa shape index (κ3) is 1.95. The summed E-state index contributed by atoms with van der Waals surface area (Å²) < 4.78 is 18.7. The molecule has 1 aliphatic rings. The van der Waals surface area contributed by atoms with Crippen molar-refractivity contribution in [2.24, 2.45) is 0 Å². The first-order chi connectivity index (χ1) is 8.78. The van der Waals surface area contributed by atoms with Crippen LogP contribution in [-0.4, -0.2) is 29.3 Å². The van der Waals surface area contributed by atoms with Gasteiger partial charge >= 0.3 is 0 Å². The van der Waals surface area contributed by atoms with Crippen molar-refractivity contribution in [1.29, 1.82) is 0 Å². The Kier molecular flexibility index (Phi) is 2.91. The average Bonchev–Trinajstić information content (AvgIpc) is 2.68. The second-order valence-electron chi connectivity index (χ2n) is 4.61. The van der Waals surface area contributed by atoms with Gasteiger partial charge < -0.3 is 14.4 Å². The Hall–Kier alpha value is -1.62. The highest BCUT2D eigenvalue weighted by molar-refractivity contribution is 5.74. The number of nitrogens with zero attached hydrogens (tertiary/aromatic N) is 2. The summed E-state index contributed by atoms with van der Waals surface area (Å²) in [6.07, 6.45) is 3.38. The molecule has 3 rings (SSSR count). The lowest BCUT2D eigenvalue weighted by Gasteiger charge is -2.36.